The fraction of sp³-hybridized carbons (Fsp3) is 0.682. The molecule has 1 saturated carbocycles. The highest BCUT2D eigenvalue weighted by molar-refractivity contribution is 14.0. The molecule has 1 aromatic rings. The molecule has 7 heteroatoms. The van der Waals surface area contributed by atoms with E-state index in [1.54, 1.807) is 25.2 Å². The smallest absolute Gasteiger partial charge is 0.193 e. The Morgan fingerprint density at radius 1 is 1.21 bits per heavy atom. The molecule has 164 valence electrons. The summed E-state index contributed by atoms with van der Waals surface area (Å²) in [5.74, 6) is 1.60. The first-order valence-electron chi connectivity index (χ1n) is 10.6. The fourth-order valence-electron chi connectivity index (χ4n) is 4.05. The fourth-order valence-corrected chi connectivity index (χ4v) is 4.05. The third-order valence-electron chi connectivity index (χ3n) is 5.71. The Kier molecular flexibility index (Phi) is 10.5. The molecular weight excluding hydrogens is 484 g/mol. The number of hydrogen-bond donors (Lipinski definition) is 1. The number of benzene rings is 1. The van der Waals surface area contributed by atoms with Gasteiger partial charge in [0, 0.05) is 26.7 Å². The number of hydrogen-bond acceptors (Lipinski definition) is 3. The van der Waals surface area contributed by atoms with Crippen LogP contribution in [0.1, 0.15) is 45.4 Å². The molecule has 1 aliphatic heterocycles. The van der Waals surface area contributed by atoms with Crippen molar-refractivity contribution in [2.24, 2.45) is 10.9 Å². The molecule has 1 aromatic carbocycles. The Morgan fingerprint density at radius 3 is 2.55 bits per heavy atom. The van der Waals surface area contributed by atoms with Gasteiger partial charge in [-0.1, -0.05) is 25.0 Å². The number of nitrogens with one attached hydrogen (secondary N) is 1. The van der Waals surface area contributed by atoms with E-state index in [2.05, 4.69) is 15.2 Å². The van der Waals surface area contributed by atoms with Gasteiger partial charge in [0.1, 0.15) is 6.10 Å². The molecule has 1 N–H and O–H groups in total. The SMILES string of the molecule is CN=C(NCC(C)Oc1ccccc1F)N1CCC(OCC2CCCC2)CC1.I. The maximum atomic E-state index is 13.7. The summed E-state index contributed by atoms with van der Waals surface area (Å²) in [6.07, 6.45) is 7.69. The molecule has 2 aliphatic rings. The number of guanidine groups is 1. The summed E-state index contributed by atoms with van der Waals surface area (Å²) in [4.78, 5) is 6.67. The largest absolute Gasteiger partial charge is 0.486 e. The predicted octanol–water partition coefficient (Wildman–Crippen LogP) is 4.46. The lowest BCUT2D eigenvalue weighted by atomic mass is 10.1. The zero-order chi connectivity index (χ0) is 19.8. The van der Waals surface area contributed by atoms with Gasteiger partial charge >= 0.3 is 0 Å². The van der Waals surface area contributed by atoms with Crippen LogP contribution < -0.4 is 10.1 Å². The van der Waals surface area contributed by atoms with Crippen LogP contribution in [0.15, 0.2) is 29.3 Å². The summed E-state index contributed by atoms with van der Waals surface area (Å²) in [7, 11) is 1.80. The number of likely N-dealkylation sites (tertiary alicyclic amines) is 1. The van der Waals surface area contributed by atoms with Crippen molar-refractivity contribution in [2.75, 3.05) is 33.3 Å². The lowest BCUT2D eigenvalue weighted by molar-refractivity contribution is 0.000960. The van der Waals surface area contributed by atoms with E-state index >= 15 is 0 Å². The minimum Gasteiger partial charge on any atom is -0.486 e. The second kappa shape index (κ2) is 12.6. The van der Waals surface area contributed by atoms with E-state index in [1.165, 1.54) is 31.7 Å². The summed E-state index contributed by atoms with van der Waals surface area (Å²) in [6.45, 7) is 5.31. The van der Waals surface area contributed by atoms with Crippen LogP contribution in [0.4, 0.5) is 4.39 Å². The molecule has 1 heterocycles. The van der Waals surface area contributed by atoms with Gasteiger partial charge in [-0.3, -0.25) is 4.99 Å². The standard InChI is InChI=1S/C22H34FN3O2.HI/c1-17(28-21-10-6-5-9-20(21)23)15-25-22(24-2)26-13-11-19(12-14-26)27-16-18-7-3-4-8-18;/h5-6,9-10,17-19H,3-4,7-8,11-16H2,1-2H3,(H,24,25);1H. The molecule has 0 amide bonds. The van der Waals surface area contributed by atoms with E-state index in [4.69, 9.17) is 9.47 Å². The average molecular weight is 519 g/mol. The van der Waals surface area contributed by atoms with E-state index in [9.17, 15) is 4.39 Å². The first-order chi connectivity index (χ1) is 13.7. The Balaban J connectivity index is 0.00000300. The van der Waals surface area contributed by atoms with Gasteiger partial charge < -0.3 is 19.7 Å². The maximum Gasteiger partial charge on any atom is 0.193 e. The second-order valence-electron chi connectivity index (χ2n) is 7.96. The Morgan fingerprint density at radius 2 is 1.90 bits per heavy atom. The topological polar surface area (TPSA) is 46.1 Å². The monoisotopic (exact) mass is 519 g/mol. The molecule has 1 atom stereocenters. The maximum absolute atomic E-state index is 13.7. The number of rotatable bonds is 7. The molecule has 1 saturated heterocycles. The third-order valence-corrected chi connectivity index (χ3v) is 5.71. The highest BCUT2D eigenvalue weighted by Crippen LogP contribution is 2.26. The number of halogens is 2. The minimum atomic E-state index is -0.335. The van der Waals surface area contributed by atoms with Crippen LogP contribution in [0.2, 0.25) is 0 Å². The van der Waals surface area contributed by atoms with Crippen molar-refractivity contribution in [1.29, 1.82) is 0 Å². The molecule has 29 heavy (non-hydrogen) atoms. The average Bonchev–Trinajstić information content (AvgIpc) is 3.23. The van der Waals surface area contributed by atoms with E-state index < -0.39 is 0 Å². The van der Waals surface area contributed by atoms with Crippen molar-refractivity contribution in [2.45, 2.75) is 57.7 Å². The van der Waals surface area contributed by atoms with Crippen molar-refractivity contribution in [1.82, 2.24) is 10.2 Å². The number of piperidine rings is 1. The van der Waals surface area contributed by atoms with Crippen molar-refractivity contribution < 1.29 is 13.9 Å². The second-order valence-corrected chi connectivity index (χ2v) is 7.96. The van der Waals surface area contributed by atoms with E-state index in [-0.39, 0.29) is 41.6 Å². The van der Waals surface area contributed by atoms with Crippen LogP contribution in [0.5, 0.6) is 5.75 Å². The number of aliphatic imine (C=N–C) groups is 1. The molecule has 5 nitrogen and oxygen atoms in total. The van der Waals surface area contributed by atoms with Gasteiger partial charge in [-0.2, -0.15) is 0 Å². The lowest BCUT2D eigenvalue weighted by Gasteiger charge is -2.34. The first kappa shape index (κ1) is 24.2. The Labute approximate surface area is 191 Å². The zero-order valence-electron chi connectivity index (χ0n) is 17.6. The van der Waals surface area contributed by atoms with Crippen molar-refractivity contribution in [3.63, 3.8) is 0 Å². The molecule has 0 bridgehead atoms. The van der Waals surface area contributed by atoms with Gasteiger partial charge in [0.15, 0.2) is 17.5 Å². The normalized spacial score (nSPS) is 19.7. The molecule has 2 fully saturated rings. The van der Waals surface area contributed by atoms with Gasteiger partial charge in [0.25, 0.3) is 0 Å². The van der Waals surface area contributed by atoms with Gasteiger partial charge in [0.05, 0.1) is 12.6 Å². The van der Waals surface area contributed by atoms with Crippen molar-refractivity contribution in [3.05, 3.63) is 30.1 Å². The van der Waals surface area contributed by atoms with E-state index in [1.807, 2.05) is 6.92 Å². The molecule has 1 unspecified atom stereocenters. The highest BCUT2D eigenvalue weighted by atomic mass is 127. The quantitative estimate of drug-likeness (QED) is 0.329. The number of ether oxygens (including phenoxy) is 2. The van der Waals surface area contributed by atoms with Crippen LogP contribution in [-0.4, -0.2) is 56.4 Å². The van der Waals surface area contributed by atoms with Gasteiger partial charge in [-0.25, -0.2) is 4.39 Å². The Bertz CT molecular complexity index is 632. The summed E-state index contributed by atoms with van der Waals surface area (Å²) in [5.41, 5.74) is 0. The van der Waals surface area contributed by atoms with E-state index in [0.717, 1.165) is 44.4 Å². The van der Waals surface area contributed by atoms with Crippen LogP contribution in [0.3, 0.4) is 0 Å². The number of nitrogens with zero attached hydrogens (tertiary/aromatic N) is 2. The minimum absolute atomic E-state index is 0. The molecule has 0 radical (unpaired) electrons. The molecule has 0 aromatic heterocycles. The van der Waals surface area contributed by atoms with Crippen molar-refractivity contribution >= 4 is 29.9 Å². The van der Waals surface area contributed by atoms with E-state index in [0.29, 0.717) is 12.6 Å². The van der Waals surface area contributed by atoms with Gasteiger partial charge in [-0.05, 0) is 50.7 Å². The number of para-hydroxylation sites is 1. The van der Waals surface area contributed by atoms with Gasteiger partial charge in [0.2, 0.25) is 0 Å². The van der Waals surface area contributed by atoms with Crippen LogP contribution in [-0.2, 0) is 4.74 Å². The van der Waals surface area contributed by atoms with Crippen LogP contribution in [0, 0.1) is 11.7 Å². The summed E-state index contributed by atoms with van der Waals surface area (Å²) < 4.78 is 25.6. The lowest BCUT2D eigenvalue weighted by Crippen LogP contribution is -2.48. The molecule has 3 rings (SSSR count). The Hall–Kier alpha value is -1.09. The molecule has 0 spiro atoms. The third kappa shape index (κ3) is 7.59. The summed E-state index contributed by atoms with van der Waals surface area (Å²) >= 11 is 0. The first-order valence-corrected chi connectivity index (χ1v) is 10.6. The molecular formula is C22H35FIN3O2. The summed E-state index contributed by atoms with van der Waals surface area (Å²) in [5, 5.41) is 3.36. The predicted molar refractivity (Wildman–Crippen MR) is 126 cm³/mol. The van der Waals surface area contributed by atoms with Crippen LogP contribution in [0.25, 0.3) is 0 Å². The van der Waals surface area contributed by atoms with Crippen LogP contribution >= 0.6 is 24.0 Å². The highest BCUT2D eigenvalue weighted by Gasteiger charge is 2.24. The van der Waals surface area contributed by atoms with Gasteiger partial charge in [-0.15, -0.1) is 24.0 Å². The zero-order valence-corrected chi connectivity index (χ0v) is 19.9. The summed E-state index contributed by atoms with van der Waals surface area (Å²) in [6, 6.07) is 6.49. The molecule has 1 aliphatic carbocycles. The van der Waals surface area contributed by atoms with Crippen molar-refractivity contribution in [3.8, 4) is 5.75 Å².